The van der Waals surface area contributed by atoms with Crippen LogP contribution in [0.4, 0.5) is 0 Å². The normalized spacial score (nSPS) is 12.4. The van der Waals surface area contributed by atoms with Crippen molar-refractivity contribution in [2.45, 2.75) is 168 Å². The second-order valence-corrected chi connectivity index (χ2v) is 9.73. The number of hydrogen-bond acceptors (Lipinski definition) is 2. The Hall–Kier alpha value is -0.550. The minimum Gasteiger partial charge on any atom is -0.325 e. The zero-order valence-electron chi connectivity index (χ0n) is 21.5. The molecule has 2 heteroatoms. The van der Waals surface area contributed by atoms with E-state index in [1.165, 1.54) is 135 Å². The molecule has 30 heavy (non-hydrogen) atoms. The van der Waals surface area contributed by atoms with Crippen molar-refractivity contribution >= 4 is 0 Å². The van der Waals surface area contributed by atoms with E-state index >= 15 is 0 Å². The lowest BCUT2D eigenvalue weighted by Gasteiger charge is -2.36. The number of nitrogens with zero attached hydrogens (tertiary/aromatic N) is 1. The van der Waals surface area contributed by atoms with E-state index in [1.807, 2.05) is 0 Å². The number of nitrogens with two attached hydrogens (primary N) is 1. The van der Waals surface area contributed by atoms with E-state index in [4.69, 9.17) is 11.0 Å². The quantitative estimate of drug-likeness (QED) is 0.176. The van der Waals surface area contributed by atoms with E-state index in [0.29, 0.717) is 5.92 Å². The highest BCUT2D eigenvalue weighted by molar-refractivity contribution is 4.89. The fraction of sp³-hybridized carbons (Fsp3) is 0.964. The highest BCUT2D eigenvalue weighted by Gasteiger charge is 2.30. The Balaban J connectivity index is 0. The van der Waals surface area contributed by atoms with Crippen LogP contribution in [0.2, 0.25) is 0 Å². The van der Waals surface area contributed by atoms with Crippen molar-refractivity contribution in [1.29, 1.82) is 5.26 Å². The maximum atomic E-state index is 7.09. The standard InChI is InChI=1S/C27H57N.CHN/c1-5-8-11-14-17-20-23-26(4)27(28,24-21-18-15-12-9-6-2)25-22-19-16-13-10-7-3;1-2/h26H,5-25,28H2,1-4H3;1H. The Labute approximate surface area is 191 Å². The molecule has 2 nitrogen and oxygen atoms in total. The van der Waals surface area contributed by atoms with Gasteiger partial charge in [-0.3, -0.25) is 0 Å². The maximum Gasteiger partial charge on any atom is 0.0462 e. The maximum absolute atomic E-state index is 7.09. The molecule has 1 atom stereocenters. The van der Waals surface area contributed by atoms with Crippen LogP contribution in [0.25, 0.3) is 0 Å². The number of hydrogen-bond donors (Lipinski definition) is 1. The SMILES string of the molecule is C#N.CCCCCCCCC(C)C(N)(CCCCCCCC)CCCCCCCC. The molecule has 0 spiro atoms. The molecule has 0 saturated heterocycles. The minimum atomic E-state index is 0.0962. The van der Waals surface area contributed by atoms with Gasteiger partial charge in [0.05, 0.1) is 0 Å². The molecule has 0 radical (unpaired) electrons. The van der Waals surface area contributed by atoms with Crippen LogP contribution in [0.15, 0.2) is 0 Å². The lowest BCUT2D eigenvalue weighted by Crippen LogP contribution is -2.46. The topological polar surface area (TPSA) is 49.8 Å². The highest BCUT2D eigenvalue weighted by atomic mass is 14.8. The van der Waals surface area contributed by atoms with Crippen LogP contribution in [0, 0.1) is 17.8 Å². The zero-order chi connectivity index (χ0) is 22.9. The number of unbranched alkanes of at least 4 members (excludes halogenated alkanes) is 15. The summed E-state index contributed by atoms with van der Waals surface area (Å²) >= 11 is 0. The predicted octanol–water partition coefficient (Wildman–Crippen LogP) is 9.71. The Kier molecular flexibility index (Phi) is 26.1. The van der Waals surface area contributed by atoms with Gasteiger partial charge in [0, 0.05) is 12.1 Å². The molecule has 0 heterocycles. The highest BCUT2D eigenvalue weighted by Crippen LogP contribution is 2.31. The zero-order valence-corrected chi connectivity index (χ0v) is 21.5. The van der Waals surface area contributed by atoms with Gasteiger partial charge in [0.15, 0.2) is 0 Å². The average molecular weight is 423 g/mol. The molecule has 180 valence electrons. The molecule has 0 bridgehead atoms. The summed E-state index contributed by atoms with van der Waals surface area (Å²) in [4.78, 5) is 0. The molecule has 0 aliphatic heterocycles. The third kappa shape index (κ3) is 19.4. The van der Waals surface area contributed by atoms with Gasteiger partial charge in [-0.05, 0) is 25.2 Å². The molecule has 2 N–H and O–H groups in total. The van der Waals surface area contributed by atoms with Gasteiger partial charge in [0.2, 0.25) is 0 Å². The van der Waals surface area contributed by atoms with Crippen LogP contribution in [0.3, 0.4) is 0 Å². The molecule has 0 aliphatic rings. The lowest BCUT2D eigenvalue weighted by molar-refractivity contribution is 0.220. The second kappa shape index (κ2) is 24.7. The molecular formula is C28H58N2. The molecule has 0 amide bonds. The third-order valence-corrected chi connectivity index (χ3v) is 6.96. The summed E-state index contributed by atoms with van der Waals surface area (Å²) in [6.45, 7) is 12.9. The van der Waals surface area contributed by atoms with Gasteiger partial charge in [-0.15, -0.1) is 0 Å². The minimum absolute atomic E-state index is 0.0962. The Morgan fingerprint density at radius 2 is 0.867 bits per heavy atom. The predicted molar refractivity (Wildman–Crippen MR) is 137 cm³/mol. The first-order valence-electron chi connectivity index (χ1n) is 13.6. The average Bonchev–Trinajstić information content (AvgIpc) is 2.76. The molecule has 0 aliphatic carbocycles. The fourth-order valence-corrected chi connectivity index (χ4v) is 4.61. The van der Waals surface area contributed by atoms with E-state index in [9.17, 15) is 0 Å². The first-order chi connectivity index (χ1) is 14.6. The second-order valence-electron chi connectivity index (χ2n) is 9.73. The van der Waals surface area contributed by atoms with Gasteiger partial charge in [-0.2, -0.15) is 0 Å². The third-order valence-electron chi connectivity index (χ3n) is 6.96. The van der Waals surface area contributed by atoms with E-state index in [0.717, 1.165) is 0 Å². The van der Waals surface area contributed by atoms with E-state index in [1.54, 1.807) is 0 Å². The van der Waals surface area contributed by atoms with Gasteiger partial charge in [-0.25, -0.2) is 5.26 Å². The van der Waals surface area contributed by atoms with Gasteiger partial charge >= 0.3 is 0 Å². The monoisotopic (exact) mass is 422 g/mol. The van der Waals surface area contributed by atoms with Crippen molar-refractivity contribution in [1.82, 2.24) is 0 Å². The molecule has 0 aromatic rings. The summed E-state index contributed by atoms with van der Waals surface area (Å²) in [5, 5.41) is 6.50. The van der Waals surface area contributed by atoms with Gasteiger partial charge < -0.3 is 5.73 Å². The smallest absolute Gasteiger partial charge is 0.0462 e. The first-order valence-corrected chi connectivity index (χ1v) is 13.6. The summed E-state index contributed by atoms with van der Waals surface area (Å²) in [6, 6.07) is 0. The van der Waals surface area contributed by atoms with Crippen LogP contribution in [0.5, 0.6) is 0 Å². The largest absolute Gasteiger partial charge is 0.325 e. The van der Waals surface area contributed by atoms with Crippen LogP contribution in [-0.2, 0) is 0 Å². The fourth-order valence-electron chi connectivity index (χ4n) is 4.61. The number of nitriles is 1. The van der Waals surface area contributed by atoms with Gasteiger partial charge in [-0.1, -0.05) is 143 Å². The molecule has 0 fully saturated rings. The van der Waals surface area contributed by atoms with Crippen molar-refractivity contribution in [3.63, 3.8) is 0 Å². The van der Waals surface area contributed by atoms with Crippen molar-refractivity contribution in [3.8, 4) is 6.57 Å². The lowest BCUT2D eigenvalue weighted by atomic mass is 9.75. The molecule has 0 aromatic carbocycles. The van der Waals surface area contributed by atoms with Crippen LogP contribution in [0.1, 0.15) is 163 Å². The Bertz CT molecular complexity index is 321. The van der Waals surface area contributed by atoms with Crippen LogP contribution >= 0.6 is 0 Å². The molecular weight excluding hydrogens is 364 g/mol. The van der Waals surface area contributed by atoms with Crippen molar-refractivity contribution in [2.75, 3.05) is 0 Å². The van der Waals surface area contributed by atoms with Crippen molar-refractivity contribution in [2.24, 2.45) is 11.7 Å². The van der Waals surface area contributed by atoms with E-state index in [-0.39, 0.29) is 5.54 Å². The van der Waals surface area contributed by atoms with Gasteiger partial charge in [0.1, 0.15) is 0 Å². The molecule has 0 rings (SSSR count). The Morgan fingerprint density at radius 1 is 0.567 bits per heavy atom. The van der Waals surface area contributed by atoms with E-state index in [2.05, 4.69) is 34.3 Å². The van der Waals surface area contributed by atoms with Gasteiger partial charge in [0.25, 0.3) is 0 Å². The summed E-state index contributed by atoms with van der Waals surface area (Å²) in [5.74, 6) is 0.685. The van der Waals surface area contributed by atoms with Crippen molar-refractivity contribution < 1.29 is 0 Å². The summed E-state index contributed by atoms with van der Waals surface area (Å²) < 4.78 is 0. The molecule has 0 saturated carbocycles. The van der Waals surface area contributed by atoms with Crippen LogP contribution < -0.4 is 5.73 Å². The van der Waals surface area contributed by atoms with Crippen LogP contribution in [-0.4, -0.2) is 5.54 Å². The Morgan fingerprint density at radius 3 is 1.23 bits per heavy atom. The van der Waals surface area contributed by atoms with E-state index < -0.39 is 0 Å². The molecule has 1 unspecified atom stereocenters. The number of rotatable bonds is 22. The first kappa shape index (κ1) is 31.6. The summed E-state index contributed by atoms with van der Waals surface area (Å²) in [5.41, 5.74) is 7.18. The summed E-state index contributed by atoms with van der Waals surface area (Å²) in [7, 11) is 0. The molecule has 0 aromatic heterocycles. The summed E-state index contributed by atoms with van der Waals surface area (Å²) in [6.07, 6.45) is 28.9. The van der Waals surface area contributed by atoms with Crippen molar-refractivity contribution in [3.05, 3.63) is 0 Å².